The van der Waals surface area contributed by atoms with Gasteiger partial charge in [0.2, 0.25) is 5.91 Å². The first-order chi connectivity index (χ1) is 18.5. The Labute approximate surface area is 227 Å². The summed E-state index contributed by atoms with van der Waals surface area (Å²) in [6.45, 7) is 3.83. The number of pyridine rings is 1. The number of imidazole rings is 1. The molecule has 0 aliphatic carbocycles. The van der Waals surface area contributed by atoms with Crippen LogP contribution in [0.3, 0.4) is 0 Å². The number of carbonyl (C=O) groups excluding carboxylic acids is 1. The number of rotatable bonds is 8. The van der Waals surface area contributed by atoms with Crippen LogP contribution >= 0.6 is 0 Å². The van der Waals surface area contributed by atoms with Crippen molar-refractivity contribution in [1.29, 1.82) is 0 Å². The lowest BCUT2D eigenvalue weighted by Crippen LogP contribution is -2.43. The van der Waals surface area contributed by atoms with Crippen LogP contribution in [0.5, 0.6) is 0 Å². The third-order valence-corrected chi connectivity index (χ3v) is 8.48. The van der Waals surface area contributed by atoms with E-state index in [4.69, 9.17) is 4.98 Å². The molecule has 1 saturated heterocycles. The summed E-state index contributed by atoms with van der Waals surface area (Å²) in [5, 5.41) is 24.9. The van der Waals surface area contributed by atoms with Gasteiger partial charge in [0.05, 0.1) is 34.7 Å². The second kappa shape index (κ2) is 10.6. The Hall–Kier alpha value is -3.54. The molecule has 10 nitrogen and oxygen atoms in total. The number of carbonyl (C=O) groups is 1. The highest BCUT2D eigenvalue weighted by Gasteiger charge is 2.25. The number of para-hydroxylation sites is 1. The maximum atomic E-state index is 12.7. The lowest BCUT2D eigenvalue weighted by Gasteiger charge is -2.26. The van der Waals surface area contributed by atoms with E-state index >= 15 is 0 Å². The van der Waals surface area contributed by atoms with Gasteiger partial charge in [0.1, 0.15) is 17.9 Å². The van der Waals surface area contributed by atoms with E-state index in [9.17, 15) is 23.4 Å². The Morgan fingerprint density at radius 1 is 1.08 bits per heavy atom. The third kappa shape index (κ3) is 6.05. The number of aromatic nitrogens is 3. The van der Waals surface area contributed by atoms with Crippen molar-refractivity contribution in [2.24, 2.45) is 0 Å². The molecule has 1 aliphatic heterocycles. The summed E-state index contributed by atoms with van der Waals surface area (Å²) < 4.78 is 25.2. The molecule has 206 valence electrons. The normalized spacial score (nSPS) is 15.6. The molecule has 0 unspecified atom stereocenters. The van der Waals surface area contributed by atoms with Gasteiger partial charge in [0.15, 0.2) is 15.7 Å². The van der Waals surface area contributed by atoms with Gasteiger partial charge >= 0.3 is 0 Å². The Kier molecular flexibility index (Phi) is 7.32. The van der Waals surface area contributed by atoms with Crippen LogP contribution in [0.1, 0.15) is 31.7 Å². The zero-order valence-corrected chi connectivity index (χ0v) is 22.9. The van der Waals surface area contributed by atoms with Gasteiger partial charge in [-0.2, -0.15) is 0 Å². The average molecular weight is 552 g/mol. The molecular formula is C28H33N5O5S. The van der Waals surface area contributed by atoms with E-state index in [2.05, 4.69) is 10.3 Å². The fourth-order valence-corrected chi connectivity index (χ4v) is 6.13. The molecule has 5 rings (SSSR count). The molecule has 1 amide bonds. The third-order valence-electron chi connectivity index (χ3n) is 6.87. The number of sulfone groups is 1. The molecule has 1 aliphatic rings. The van der Waals surface area contributed by atoms with Crippen molar-refractivity contribution in [2.45, 2.75) is 45.4 Å². The highest BCUT2D eigenvalue weighted by atomic mass is 32.2. The smallest absolute Gasteiger partial charge is 0.222 e. The number of aryl methyl sites for hydroxylation is 1. The summed E-state index contributed by atoms with van der Waals surface area (Å²) in [7, 11) is -3.05. The van der Waals surface area contributed by atoms with Crippen LogP contribution in [0.15, 0.2) is 48.5 Å². The number of aliphatic hydroxyl groups excluding tert-OH is 1. The van der Waals surface area contributed by atoms with Gasteiger partial charge in [0, 0.05) is 30.6 Å². The molecule has 11 heteroatoms. The number of nitrogens with one attached hydrogen (secondary N) is 1. The van der Waals surface area contributed by atoms with Gasteiger partial charge < -0.3 is 25.0 Å². The second-order valence-corrected chi connectivity index (χ2v) is 12.9. The van der Waals surface area contributed by atoms with Crippen molar-refractivity contribution in [3.8, 4) is 0 Å². The number of nitrogens with zero attached hydrogens (tertiary/aromatic N) is 4. The second-order valence-electron chi connectivity index (χ2n) is 10.6. The van der Waals surface area contributed by atoms with Crippen molar-refractivity contribution < 1.29 is 23.4 Å². The number of benzene rings is 2. The van der Waals surface area contributed by atoms with Crippen molar-refractivity contribution in [2.75, 3.05) is 29.9 Å². The number of hydrogen-bond donors (Lipinski definition) is 3. The van der Waals surface area contributed by atoms with E-state index in [0.717, 1.165) is 22.2 Å². The van der Waals surface area contributed by atoms with Gasteiger partial charge in [-0.3, -0.25) is 4.79 Å². The maximum absolute atomic E-state index is 12.7. The largest absolute Gasteiger partial charge is 0.389 e. The van der Waals surface area contributed by atoms with E-state index in [1.807, 2.05) is 53.1 Å². The molecule has 0 radical (unpaired) electrons. The highest BCUT2D eigenvalue weighted by molar-refractivity contribution is 7.91. The molecule has 0 saturated carbocycles. The van der Waals surface area contributed by atoms with Crippen molar-refractivity contribution in [3.05, 3.63) is 59.9 Å². The van der Waals surface area contributed by atoms with Gasteiger partial charge in [0.25, 0.3) is 0 Å². The topological polar surface area (TPSA) is 138 Å². The molecule has 39 heavy (non-hydrogen) atoms. The Morgan fingerprint density at radius 3 is 2.46 bits per heavy atom. The van der Waals surface area contributed by atoms with E-state index in [1.165, 1.54) is 0 Å². The molecule has 1 fully saturated rings. The monoisotopic (exact) mass is 551 g/mol. The summed E-state index contributed by atoms with van der Waals surface area (Å²) >= 11 is 0. The Bertz CT molecular complexity index is 1610. The zero-order valence-electron chi connectivity index (χ0n) is 22.1. The predicted molar refractivity (Wildman–Crippen MR) is 151 cm³/mol. The number of anilines is 2. The molecular weight excluding hydrogens is 518 g/mol. The van der Waals surface area contributed by atoms with Crippen LogP contribution in [0.4, 0.5) is 11.5 Å². The summed E-state index contributed by atoms with van der Waals surface area (Å²) in [4.78, 5) is 23.9. The number of amides is 1. The van der Waals surface area contributed by atoms with Crippen LogP contribution in [0.25, 0.3) is 21.9 Å². The van der Waals surface area contributed by atoms with Crippen LogP contribution in [-0.2, 0) is 34.2 Å². The SMILES string of the molecule is CC(C)(O)Cn1c(CO)nc2c(Nc3ccccc3)nc3cc(CCC(=O)N4CCS(=O)(=O)CC4)ccc3c21. The highest BCUT2D eigenvalue weighted by Crippen LogP contribution is 2.33. The van der Waals surface area contributed by atoms with Gasteiger partial charge in [-0.05, 0) is 44.0 Å². The van der Waals surface area contributed by atoms with Gasteiger partial charge in [-0.15, -0.1) is 0 Å². The molecule has 3 heterocycles. The zero-order chi connectivity index (χ0) is 27.8. The van der Waals surface area contributed by atoms with Crippen molar-refractivity contribution in [3.63, 3.8) is 0 Å². The van der Waals surface area contributed by atoms with Crippen LogP contribution in [0.2, 0.25) is 0 Å². The summed E-state index contributed by atoms with van der Waals surface area (Å²) in [6.07, 6.45) is 0.762. The number of hydrogen-bond acceptors (Lipinski definition) is 8. The van der Waals surface area contributed by atoms with Crippen molar-refractivity contribution in [1.82, 2.24) is 19.4 Å². The minimum atomic E-state index is -3.05. The predicted octanol–water partition coefficient (Wildman–Crippen LogP) is 2.78. The fourth-order valence-electron chi connectivity index (χ4n) is 4.93. The summed E-state index contributed by atoms with van der Waals surface area (Å²) in [5.41, 5.74) is 2.74. The first-order valence-corrected chi connectivity index (χ1v) is 14.8. The molecule has 3 N–H and O–H groups in total. The van der Waals surface area contributed by atoms with Crippen LogP contribution in [-0.4, -0.2) is 74.2 Å². The lowest BCUT2D eigenvalue weighted by atomic mass is 10.0. The molecule has 0 bridgehead atoms. The minimum Gasteiger partial charge on any atom is -0.389 e. The average Bonchev–Trinajstić information content (AvgIpc) is 3.25. The summed E-state index contributed by atoms with van der Waals surface area (Å²) in [6, 6.07) is 15.4. The minimum absolute atomic E-state index is 0.0139. The molecule has 4 aromatic rings. The fraction of sp³-hybridized carbons (Fsp3) is 0.393. The van der Waals surface area contributed by atoms with Gasteiger partial charge in [-0.25, -0.2) is 18.4 Å². The number of aliphatic hydroxyl groups is 2. The van der Waals surface area contributed by atoms with E-state index in [1.54, 1.807) is 18.7 Å². The van der Waals surface area contributed by atoms with Gasteiger partial charge in [-0.1, -0.05) is 30.3 Å². The molecule has 0 spiro atoms. The van der Waals surface area contributed by atoms with Crippen molar-refractivity contribution >= 4 is 49.2 Å². The van der Waals surface area contributed by atoms with E-state index in [-0.39, 0.29) is 50.1 Å². The molecule has 2 aromatic heterocycles. The standard InChI is InChI=1S/C28H33N5O5S/c1-28(2,36)18-33-23(17-34)31-25-26(33)21-10-8-19(9-11-24(35)32-12-14-39(37,38)15-13-32)16-22(21)30-27(25)29-20-6-4-3-5-7-20/h3-8,10,16,34,36H,9,11-15,17-18H2,1-2H3,(H,29,30). The van der Waals surface area contributed by atoms with Crippen LogP contribution < -0.4 is 5.32 Å². The maximum Gasteiger partial charge on any atom is 0.222 e. The first-order valence-electron chi connectivity index (χ1n) is 13.0. The quantitative estimate of drug-likeness (QED) is 0.304. The summed E-state index contributed by atoms with van der Waals surface area (Å²) in [5.74, 6) is 0.919. The van der Waals surface area contributed by atoms with E-state index < -0.39 is 15.4 Å². The molecule has 0 atom stereocenters. The Morgan fingerprint density at radius 2 is 1.79 bits per heavy atom. The first kappa shape index (κ1) is 27.0. The lowest BCUT2D eigenvalue weighted by molar-refractivity contribution is -0.130. The van der Waals surface area contributed by atoms with E-state index in [0.29, 0.717) is 29.1 Å². The number of fused-ring (bicyclic) bond motifs is 3. The molecule has 2 aromatic carbocycles. The Balaban J connectivity index is 1.52. The van der Waals surface area contributed by atoms with Crippen LogP contribution in [0, 0.1) is 0 Å².